The molecule has 0 saturated carbocycles. The summed E-state index contributed by atoms with van der Waals surface area (Å²) in [5.41, 5.74) is 0.117. The van der Waals surface area contributed by atoms with Crippen molar-refractivity contribution in [2.24, 2.45) is 7.05 Å². The number of nitrogens with zero attached hydrogens (tertiary/aromatic N) is 2. The first-order chi connectivity index (χ1) is 8.72. The van der Waals surface area contributed by atoms with Crippen LogP contribution in [-0.4, -0.2) is 9.55 Å². The highest BCUT2D eigenvalue weighted by Crippen LogP contribution is 2.23. The van der Waals surface area contributed by atoms with Gasteiger partial charge in [-0.3, -0.25) is 0 Å². The van der Waals surface area contributed by atoms with Gasteiger partial charge in [-0.25, -0.2) is 9.78 Å². The van der Waals surface area contributed by atoms with E-state index in [4.69, 9.17) is 9.15 Å². The molecule has 1 aromatic carbocycles. The van der Waals surface area contributed by atoms with Gasteiger partial charge < -0.3 is 13.7 Å². The molecule has 0 unspecified atom stereocenters. The number of ether oxygens (including phenoxy) is 1. The lowest BCUT2D eigenvalue weighted by atomic mass is 10.2. The second kappa shape index (κ2) is 4.03. The summed E-state index contributed by atoms with van der Waals surface area (Å²) in [5.74, 6) is 0.575. The Labute approximate surface area is 102 Å². The fraction of sp³-hybridized carbons (Fsp3) is 0.0769. The van der Waals surface area contributed by atoms with Gasteiger partial charge in [0.1, 0.15) is 11.3 Å². The Balaban J connectivity index is 2.03. The van der Waals surface area contributed by atoms with Crippen molar-refractivity contribution in [3.8, 4) is 11.8 Å². The largest absolute Gasteiger partial charge is 0.425 e. The Morgan fingerprint density at radius 2 is 2.11 bits per heavy atom. The van der Waals surface area contributed by atoms with E-state index in [1.165, 1.54) is 6.07 Å². The van der Waals surface area contributed by atoms with E-state index in [-0.39, 0.29) is 5.63 Å². The Morgan fingerprint density at radius 3 is 2.89 bits per heavy atom. The first-order valence-corrected chi connectivity index (χ1v) is 5.41. The molecule has 3 rings (SSSR count). The normalized spacial score (nSPS) is 10.7. The van der Waals surface area contributed by atoms with E-state index < -0.39 is 0 Å². The van der Waals surface area contributed by atoms with Crippen molar-refractivity contribution in [1.82, 2.24) is 9.55 Å². The summed E-state index contributed by atoms with van der Waals surface area (Å²) < 4.78 is 12.4. The molecule has 0 amide bonds. The van der Waals surface area contributed by atoms with Crippen molar-refractivity contribution in [1.29, 1.82) is 0 Å². The maximum absolute atomic E-state index is 11.1. The van der Waals surface area contributed by atoms with E-state index in [1.807, 2.05) is 13.1 Å². The summed E-state index contributed by atoms with van der Waals surface area (Å²) >= 11 is 0. The lowest BCUT2D eigenvalue weighted by molar-refractivity contribution is 0.424. The zero-order chi connectivity index (χ0) is 12.5. The molecule has 5 nitrogen and oxygen atoms in total. The number of aryl methyl sites for hydroxylation is 1. The number of imidazole rings is 1. The number of rotatable bonds is 2. The number of benzene rings is 1. The highest BCUT2D eigenvalue weighted by molar-refractivity contribution is 5.77. The molecule has 0 N–H and O–H groups in total. The van der Waals surface area contributed by atoms with Crippen LogP contribution in [0.3, 0.4) is 0 Å². The van der Waals surface area contributed by atoms with Crippen LogP contribution in [0.2, 0.25) is 0 Å². The summed E-state index contributed by atoms with van der Waals surface area (Å²) in [6, 6.07) is 8.89. The molecule has 0 fully saturated rings. The summed E-state index contributed by atoms with van der Waals surface area (Å²) in [5, 5.41) is 0.849. The van der Waals surface area contributed by atoms with Gasteiger partial charge in [-0.15, -0.1) is 0 Å². The quantitative estimate of drug-likeness (QED) is 0.647. The van der Waals surface area contributed by atoms with Crippen molar-refractivity contribution in [2.45, 2.75) is 0 Å². The van der Waals surface area contributed by atoms with Gasteiger partial charge in [0.2, 0.25) is 0 Å². The lowest BCUT2D eigenvalue weighted by Crippen LogP contribution is -1.96. The van der Waals surface area contributed by atoms with Crippen LogP contribution in [0.15, 0.2) is 51.9 Å². The van der Waals surface area contributed by atoms with Gasteiger partial charge in [-0.05, 0) is 18.2 Å². The molecular formula is C13H10N2O3. The van der Waals surface area contributed by atoms with Gasteiger partial charge in [0.05, 0.1) is 0 Å². The average Bonchev–Trinajstić information content (AvgIpc) is 2.74. The van der Waals surface area contributed by atoms with Gasteiger partial charge in [-0.2, -0.15) is 0 Å². The topological polar surface area (TPSA) is 57.3 Å². The lowest BCUT2D eigenvalue weighted by Gasteiger charge is -2.05. The smallest absolute Gasteiger partial charge is 0.336 e. The van der Waals surface area contributed by atoms with E-state index in [9.17, 15) is 4.79 Å². The van der Waals surface area contributed by atoms with E-state index >= 15 is 0 Å². The summed E-state index contributed by atoms with van der Waals surface area (Å²) in [6.45, 7) is 0. The van der Waals surface area contributed by atoms with Gasteiger partial charge in [0.15, 0.2) is 0 Å². The molecule has 0 radical (unpaired) electrons. The molecule has 90 valence electrons. The summed E-state index contributed by atoms with van der Waals surface area (Å²) in [7, 11) is 1.84. The van der Waals surface area contributed by atoms with Crippen LogP contribution >= 0.6 is 0 Å². The number of fused-ring (bicyclic) bond motifs is 1. The average molecular weight is 242 g/mol. The van der Waals surface area contributed by atoms with Gasteiger partial charge in [0, 0.05) is 37.0 Å². The predicted molar refractivity (Wildman–Crippen MR) is 65.8 cm³/mol. The van der Waals surface area contributed by atoms with Gasteiger partial charge >= 0.3 is 11.6 Å². The molecule has 0 atom stereocenters. The molecule has 2 aromatic heterocycles. The van der Waals surface area contributed by atoms with E-state index in [1.54, 1.807) is 35.2 Å². The van der Waals surface area contributed by atoms with Crippen molar-refractivity contribution < 1.29 is 9.15 Å². The maximum Gasteiger partial charge on any atom is 0.336 e. The number of hydrogen-bond acceptors (Lipinski definition) is 4. The highest BCUT2D eigenvalue weighted by Gasteiger charge is 2.04. The molecular weight excluding hydrogens is 232 g/mol. The van der Waals surface area contributed by atoms with Gasteiger partial charge in [-0.1, -0.05) is 0 Å². The van der Waals surface area contributed by atoms with Crippen LogP contribution in [-0.2, 0) is 7.05 Å². The van der Waals surface area contributed by atoms with Gasteiger partial charge in [0.25, 0.3) is 0 Å². The van der Waals surface area contributed by atoms with Crippen LogP contribution in [0.1, 0.15) is 0 Å². The highest BCUT2D eigenvalue weighted by atomic mass is 16.5. The standard InChI is InChI=1S/C13H10N2O3/c1-15-7-6-14-13(15)17-10-4-2-9-3-5-12(16)18-11(9)8-10/h2-8H,1H3. The third kappa shape index (κ3) is 1.86. The Kier molecular flexibility index (Phi) is 2.37. The van der Waals surface area contributed by atoms with Crippen molar-refractivity contribution in [3.63, 3.8) is 0 Å². The second-order valence-electron chi connectivity index (χ2n) is 3.88. The zero-order valence-corrected chi connectivity index (χ0v) is 9.66. The predicted octanol–water partition coefficient (Wildman–Crippen LogP) is 2.32. The second-order valence-corrected chi connectivity index (χ2v) is 3.88. The summed E-state index contributed by atoms with van der Waals surface area (Å²) in [4.78, 5) is 15.2. The third-order valence-electron chi connectivity index (χ3n) is 2.58. The molecule has 3 aromatic rings. The van der Waals surface area contributed by atoms with Crippen molar-refractivity contribution in [2.75, 3.05) is 0 Å². The van der Waals surface area contributed by atoms with Crippen LogP contribution in [0, 0.1) is 0 Å². The Morgan fingerprint density at radius 1 is 1.28 bits per heavy atom. The first kappa shape index (κ1) is 10.6. The van der Waals surface area contributed by atoms with E-state index in [0.717, 1.165) is 5.39 Å². The fourth-order valence-electron chi connectivity index (χ4n) is 1.66. The minimum absolute atomic E-state index is 0.378. The molecule has 0 aliphatic carbocycles. The molecule has 0 saturated heterocycles. The van der Waals surface area contributed by atoms with Crippen LogP contribution in [0.5, 0.6) is 11.8 Å². The van der Waals surface area contributed by atoms with Crippen molar-refractivity contribution >= 4 is 11.0 Å². The SMILES string of the molecule is Cn1ccnc1Oc1ccc2ccc(=O)oc2c1. The zero-order valence-electron chi connectivity index (χ0n) is 9.66. The summed E-state index contributed by atoms with van der Waals surface area (Å²) in [6.07, 6.45) is 3.44. The molecule has 0 aliphatic rings. The van der Waals surface area contributed by atoms with E-state index in [0.29, 0.717) is 17.3 Å². The molecule has 2 heterocycles. The fourth-order valence-corrected chi connectivity index (χ4v) is 1.66. The molecule has 0 aliphatic heterocycles. The Hall–Kier alpha value is -2.56. The Bertz CT molecular complexity index is 758. The maximum atomic E-state index is 11.1. The van der Waals surface area contributed by atoms with Crippen molar-refractivity contribution in [3.05, 3.63) is 53.1 Å². The monoisotopic (exact) mass is 242 g/mol. The van der Waals surface area contributed by atoms with Crippen LogP contribution in [0.4, 0.5) is 0 Å². The first-order valence-electron chi connectivity index (χ1n) is 5.41. The van der Waals surface area contributed by atoms with E-state index in [2.05, 4.69) is 4.98 Å². The third-order valence-corrected chi connectivity index (χ3v) is 2.58. The molecule has 5 heteroatoms. The minimum atomic E-state index is -0.378. The molecule has 18 heavy (non-hydrogen) atoms. The van der Waals surface area contributed by atoms with Crippen LogP contribution in [0.25, 0.3) is 11.0 Å². The minimum Gasteiger partial charge on any atom is -0.425 e. The number of hydrogen-bond donors (Lipinski definition) is 0. The number of aromatic nitrogens is 2. The molecule has 0 bridgehead atoms. The van der Waals surface area contributed by atoms with Crippen LogP contribution < -0.4 is 10.4 Å². The molecule has 0 spiro atoms.